The van der Waals surface area contributed by atoms with Crippen molar-refractivity contribution in [3.63, 3.8) is 0 Å². The first-order valence-electron chi connectivity index (χ1n) is 12.1. The third-order valence-electron chi connectivity index (χ3n) is 7.36. The molecule has 1 aliphatic carbocycles. The quantitative estimate of drug-likeness (QED) is 0.524. The third-order valence-corrected chi connectivity index (χ3v) is 8.10. The van der Waals surface area contributed by atoms with Crippen molar-refractivity contribution in [1.82, 2.24) is 20.0 Å². The first-order chi connectivity index (χ1) is 16.5. The highest BCUT2D eigenvalue weighted by molar-refractivity contribution is 6.42. The van der Waals surface area contributed by atoms with Crippen LogP contribution in [0.2, 0.25) is 10.0 Å². The van der Waals surface area contributed by atoms with E-state index in [1.807, 2.05) is 41.1 Å². The molecule has 2 unspecified atom stereocenters. The number of benzene rings is 2. The number of fused-ring (bicyclic) bond motifs is 3. The highest BCUT2D eigenvalue weighted by atomic mass is 35.5. The highest BCUT2D eigenvalue weighted by Crippen LogP contribution is 2.33. The molecule has 34 heavy (non-hydrogen) atoms. The van der Waals surface area contributed by atoms with Crippen LogP contribution in [0.3, 0.4) is 0 Å². The van der Waals surface area contributed by atoms with Crippen LogP contribution in [-0.4, -0.2) is 51.9 Å². The number of piperidine rings is 1. The smallest absolute Gasteiger partial charge is 0.272 e. The van der Waals surface area contributed by atoms with Crippen LogP contribution in [-0.2, 0) is 17.8 Å². The Balaban J connectivity index is 1.17. The molecule has 3 heterocycles. The van der Waals surface area contributed by atoms with E-state index >= 15 is 0 Å². The van der Waals surface area contributed by atoms with Gasteiger partial charge in [0.25, 0.3) is 5.91 Å². The van der Waals surface area contributed by atoms with Crippen molar-refractivity contribution in [3.05, 3.63) is 63.8 Å². The highest BCUT2D eigenvalue weighted by Gasteiger charge is 2.39. The Morgan fingerprint density at radius 2 is 1.82 bits per heavy atom. The van der Waals surface area contributed by atoms with E-state index in [9.17, 15) is 4.79 Å². The first kappa shape index (κ1) is 22.4. The number of para-hydroxylation sites is 1. The number of aromatic nitrogens is 2. The van der Waals surface area contributed by atoms with Gasteiger partial charge in [-0.15, -0.1) is 0 Å². The summed E-state index contributed by atoms with van der Waals surface area (Å²) in [7, 11) is 0. The summed E-state index contributed by atoms with van der Waals surface area (Å²) in [6.07, 6.45) is 4.21. The van der Waals surface area contributed by atoms with E-state index in [4.69, 9.17) is 33.0 Å². The molecule has 2 saturated heterocycles. The van der Waals surface area contributed by atoms with Gasteiger partial charge in [-0.1, -0.05) is 47.5 Å². The fraction of sp³-hybridized carbons (Fsp3) is 0.462. The second-order valence-electron chi connectivity index (χ2n) is 9.90. The number of hydrogen-bond donors (Lipinski definition) is 1. The van der Waals surface area contributed by atoms with Crippen LogP contribution in [0.25, 0.3) is 10.9 Å². The van der Waals surface area contributed by atoms with E-state index in [1.165, 1.54) is 12.8 Å². The van der Waals surface area contributed by atoms with Crippen LogP contribution in [0.15, 0.2) is 42.5 Å². The number of carbonyl (C=O) groups is 1. The van der Waals surface area contributed by atoms with Crippen molar-refractivity contribution in [1.29, 1.82) is 0 Å². The Morgan fingerprint density at radius 1 is 1.06 bits per heavy atom. The molecular formula is C26H28Cl2N4O2. The van der Waals surface area contributed by atoms with Gasteiger partial charge in [-0.05, 0) is 55.4 Å². The molecule has 1 saturated carbocycles. The van der Waals surface area contributed by atoms with E-state index in [2.05, 4.69) is 16.3 Å². The molecule has 3 aliphatic rings. The average Bonchev–Trinajstić information content (AvgIpc) is 3.56. The number of nitrogens with zero attached hydrogens (tertiary/aromatic N) is 3. The van der Waals surface area contributed by atoms with Crippen molar-refractivity contribution in [2.45, 2.75) is 56.9 Å². The molecule has 8 heteroatoms. The van der Waals surface area contributed by atoms with Crippen LogP contribution in [0.4, 0.5) is 0 Å². The molecule has 3 fully saturated rings. The Bertz CT molecular complexity index is 1210. The van der Waals surface area contributed by atoms with Gasteiger partial charge in [0.2, 0.25) is 0 Å². The molecule has 2 aromatic carbocycles. The van der Waals surface area contributed by atoms with Crippen molar-refractivity contribution >= 4 is 40.0 Å². The molecule has 6 rings (SSSR count). The number of hydrogen-bond acceptors (Lipinski definition) is 4. The Kier molecular flexibility index (Phi) is 6.02. The molecule has 0 radical (unpaired) electrons. The summed E-state index contributed by atoms with van der Waals surface area (Å²) in [5.74, 6) is 0.617. The molecule has 2 bridgehead atoms. The van der Waals surface area contributed by atoms with Gasteiger partial charge in [0.15, 0.2) is 5.69 Å². The molecule has 1 aromatic heterocycles. The minimum Gasteiger partial charge on any atom is -0.378 e. The van der Waals surface area contributed by atoms with Gasteiger partial charge >= 0.3 is 0 Å². The summed E-state index contributed by atoms with van der Waals surface area (Å²) in [6, 6.07) is 14.5. The maximum atomic E-state index is 13.3. The fourth-order valence-electron chi connectivity index (χ4n) is 5.45. The minimum absolute atomic E-state index is 0.0762. The predicted octanol–water partition coefficient (Wildman–Crippen LogP) is 4.91. The normalized spacial score (nSPS) is 24.9. The van der Waals surface area contributed by atoms with Crippen LogP contribution < -0.4 is 5.32 Å². The number of halogens is 2. The maximum absolute atomic E-state index is 13.3. The summed E-state index contributed by atoms with van der Waals surface area (Å²) in [5.41, 5.74) is 2.72. The number of carbonyl (C=O) groups excluding carboxylic acids is 1. The molecule has 3 aromatic rings. The van der Waals surface area contributed by atoms with Crippen LogP contribution in [0.1, 0.15) is 41.7 Å². The van der Waals surface area contributed by atoms with Gasteiger partial charge in [0.05, 0.1) is 28.8 Å². The summed E-state index contributed by atoms with van der Waals surface area (Å²) in [5, 5.41) is 10.1. The fourth-order valence-corrected chi connectivity index (χ4v) is 5.77. The number of ether oxygens (including phenoxy) is 1. The number of amides is 1. The van der Waals surface area contributed by atoms with Crippen molar-refractivity contribution in [3.8, 4) is 0 Å². The Labute approximate surface area is 209 Å². The lowest BCUT2D eigenvalue weighted by Crippen LogP contribution is -2.60. The maximum Gasteiger partial charge on any atom is 0.272 e. The summed E-state index contributed by atoms with van der Waals surface area (Å²) in [4.78, 5) is 15.8. The molecule has 1 N–H and O–H groups in total. The Morgan fingerprint density at radius 3 is 2.56 bits per heavy atom. The minimum atomic E-state index is -0.0762. The molecule has 6 nitrogen and oxygen atoms in total. The number of nitrogens with one attached hydrogen (secondary N) is 1. The molecule has 2 atom stereocenters. The van der Waals surface area contributed by atoms with E-state index in [1.54, 1.807) is 0 Å². The Hall–Kier alpha value is -2.12. The molecule has 0 spiro atoms. The van der Waals surface area contributed by atoms with E-state index in [-0.39, 0.29) is 24.0 Å². The average molecular weight is 499 g/mol. The van der Waals surface area contributed by atoms with E-state index in [0.29, 0.717) is 34.9 Å². The zero-order chi connectivity index (χ0) is 23.2. The zero-order valence-corrected chi connectivity index (χ0v) is 20.4. The van der Waals surface area contributed by atoms with Gasteiger partial charge in [0, 0.05) is 36.6 Å². The monoisotopic (exact) mass is 498 g/mol. The third kappa shape index (κ3) is 4.44. The summed E-state index contributed by atoms with van der Waals surface area (Å²) in [6.45, 7) is 3.03. The number of rotatable bonds is 6. The zero-order valence-electron chi connectivity index (χ0n) is 18.9. The second kappa shape index (κ2) is 9.15. The van der Waals surface area contributed by atoms with Gasteiger partial charge in [-0.2, -0.15) is 5.10 Å². The van der Waals surface area contributed by atoms with Gasteiger partial charge < -0.3 is 10.1 Å². The lowest BCUT2D eigenvalue weighted by Gasteiger charge is -2.48. The van der Waals surface area contributed by atoms with Gasteiger partial charge in [-0.3, -0.25) is 14.4 Å². The first-order valence-corrected chi connectivity index (χ1v) is 12.8. The van der Waals surface area contributed by atoms with Crippen molar-refractivity contribution < 1.29 is 9.53 Å². The predicted molar refractivity (Wildman–Crippen MR) is 133 cm³/mol. The molecular weight excluding hydrogens is 471 g/mol. The van der Waals surface area contributed by atoms with E-state index in [0.717, 1.165) is 42.4 Å². The summed E-state index contributed by atoms with van der Waals surface area (Å²) >= 11 is 12.3. The molecule has 1 amide bonds. The van der Waals surface area contributed by atoms with Crippen LogP contribution in [0.5, 0.6) is 0 Å². The summed E-state index contributed by atoms with van der Waals surface area (Å²) < 4.78 is 7.89. The molecule has 2 aliphatic heterocycles. The molecule has 178 valence electrons. The SMILES string of the molecule is O=C(NC1CC2COCC(C1)N2Cc1ccc(Cl)c(Cl)c1)c1nn(CC2CC2)c2ccccc12. The topological polar surface area (TPSA) is 59.4 Å². The second-order valence-corrected chi connectivity index (χ2v) is 10.7. The van der Waals surface area contributed by atoms with Crippen molar-refractivity contribution in [2.24, 2.45) is 5.92 Å². The van der Waals surface area contributed by atoms with Gasteiger partial charge in [0.1, 0.15) is 0 Å². The van der Waals surface area contributed by atoms with Crippen LogP contribution >= 0.6 is 23.2 Å². The van der Waals surface area contributed by atoms with E-state index < -0.39 is 0 Å². The van der Waals surface area contributed by atoms with Crippen LogP contribution in [0, 0.1) is 5.92 Å². The van der Waals surface area contributed by atoms with Crippen molar-refractivity contribution in [2.75, 3.05) is 13.2 Å². The largest absolute Gasteiger partial charge is 0.378 e. The lowest BCUT2D eigenvalue weighted by molar-refractivity contribution is -0.0843. The van der Waals surface area contributed by atoms with Gasteiger partial charge in [-0.25, -0.2) is 0 Å². The standard InChI is InChI=1S/C26H28Cl2N4O2/c27-22-8-7-17(9-23(22)28)12-31-19-10-18(11-20(31)15-34-14-19)29-26(33)25-21-3-1-2-4-24(21)32(30-25)13-16-5-6-16/h1-4,7-9,16,18-20H,5-6,10-15H2,(H,29,33). The number of morpholine rings is 1. The lowest BCUT2D eigenvalue weighted by atomic mass is 9.89.